The second-order valence-corrected chi connectivity index (χ2v) is 6.09. The average Bonchev–Trinajstić information content (AvgIpc) is 2.93. The molecule has 19 heavy (non-hydrogen) atoms. The van der Waals surface area contributed by atoms with Gasteiger partial charge in [0, 0.05) is 24.6 Å². The Morgan fingerprint density at radius 3 is 2.63 bits per heavy atom. The molecule has 1 atom stereocenters. The minimum Gasteiger partial charge on any atom is -0.378 e. The molecule has 2 aliphatic rings. The Kier molecular flexibility index (Phi) is 4.34. The van der Waals surface area contributed by atoms with Gasteiger partial charge in [0.2, 0.25) is 0 Å². The largest absolute Gasteiger partial charge is 0.378 e. The molecule has 0 amide bonds. The van der Waals surface area contributed by atoms with Crippen LogP contribution in [0.2, 0.25) is 5.15 Å². The molecule has 1 unspecified atom stereocenters. The van der Waals surface area contributed by atoms with Crippen molar-refractivity contribution in [1.29, 1.82) is 0 Å². The molecule has 1 aliphatic carbocycles. The Balaban J connectivity index is 1.73. The molecule has 0 bridgehead atoms. The Bertz CT molecular complexity index is 426. The van der Waals surface area contributed by atoms with Crippen molar-refractivity contribution in [2.75, 3.05) is 6.61 Å². The van der Waals surface area contributed by atoms with Gasteiger partial charge in [-0.1, -0.05) is 24.4 Å². The second kappa shape index (κ2) is 6.19. The van der Waals surface area contributed by atoms with Crippen molar-refractivity contribution in [3.63, 3.8) is 0 Å². The molecule has 1 saturated heterocycles. The monoisotopic (exact) mass is 280 g/mol. The fourth-order valence-electron chi connectivity index (χ4n) is 3.18. The molecule has 3 nitrogen and oxygen atoms in total. The van der Waals surface area contributed by atoms with Crippen molar-refractivity contribution in [3.8, 4) is 0 Å². The van der Waals surface area contributed by atoms with Crippen LogP contribution in [0.25, 0.3) is 0 Å². The number of halogens is 1. The summed E-state index contributed by atoms with van der Waals surface area (Å²) in [7, 11) is 0. The zero-order valence-corrected chi connectivity index (χ0v) is 12.0. The van der Waals surface area contributed by atoms with Crippen molar-refractivity contribution < 1.29 is 4.74 Å². The highest BCUT2D eigenvalue weighted by Gasteiger charge is 2.21. The van der Waals surface area contributed by atoms with Crippen molar-refractivity contribution in [3.05, 3.63) is 22.7 Å². The van der Waals surface area contributed by atoms with Crippen LogP contribution in [0.4, 0.5) is 0 Å². The zero-order chi connectivity index (χ0) is 13.1. The Labute approximate surface area is 119 Å². The number of aromatic nitrogens is 2. The first kappa shape index (κ1) is 13.3. The lowest BCUT2D eigenvalue weighted by Crippen LogP contribution is -2.22. The quantitative estimate of drug-likeness (QED) is 0.788. The molecule has 1 saturated carbocycles. The van der Waals surface area contributed by atoms with Crippen LogP contribution in [0.5, 0.6) is 0 Å². The van der Waals surface area contributed by atoms with E-state index in [9.17, 15) is 0 Å². The minimum atomic E-state index is 0.281. The molecule has 0 N–H and O–H groups in total. The summed E-state index contributed by atoms with van der Waals surface area (Å²) >= 11 is 6.15. The summed E-state index contributed by atoms with van der Waals surface area (Å²) in [5.41, 5.74) is 1.14. The first-order chi connectivity index (χ1) is 9.31. The van der Waals surface area contributed by atoms with E-state index in [0.717, 1.165) is 31.0 Å². The average molecular weight is 281 g/mol. The van der Waals surface area contributed by atoms with E-state index in [-0.39, 0.29) is 6.10 Å². The summed E-state index contributed by atoms with van der Waals surface area (Å²) in [6, 6.07) is 1.95. The van der Waals surface area contributed by atoms with Gasteiger partial charge in [-0.25, -0.2) is 9.97 Å². The van der Waals surface area contributed by atoms with Crippen LogP contribution in [0.3, 0.4) is 0 Å². The molecule has 4 heteroatoms. The predicted molar refractivity (Wildman–Crippen MR) is 75.5 cm³/mol. The fourth-order valence-corrected chi connectivity index (χ4v) is 3.39. The molecule has 2 heterocycles. The van der Waals surface area contributed by atoms with E-state index in [0.29, 0.717) is 11.1 Å². The number of rotatable bonds is 3. The second-order valence-electron chi connectivity index (χ2n) is 5.71. The van der Waals surface area contributed by atoms with Crippen LogP contribution >= 0.6 is 11.6 Å². The van der Waals surface area contributed by atoms with Gasteiger partial charge in [-0.15, -0.1) is 0 Å². The molecule has 0 spiro atoms. The molecule has 0 aromatic carbocycles. The van der Waals surface area contributed by atoms with Gasteiger partial charge in [-0.05, 0) is 38.2 Å². The Morgan fingerprint density at radius 1 is 1.11 bits per heavy atom. The molecule has 104 valence electrons. The van der Waals surface area contributed by atoms with Crippen LogP contribution in [-0.2, 0) is 11.2 Å². The molecule has 1 aromatic rings. The van der Waals surface area contributed by atoms with Crippen LogP contribution in [-0.4, -0.2) is 22.7 Å². The van der Waals surface area contributed by atoms with Crippen molar-refractivity contribution in [2.45, 2.75) is 63.4 Å². The minimum absolute atomic E-state index is 0.281. The van der Waals surface area contributed by atoms with Crippen molar-refractivity contribution in [2.24, 2.45) is 0 Å². The summed E-state index contributed by atoms with van der Waals surface area (Å²) in [5, 5.41) is 0.586. The highest BCUT2D eigenvalue weighted by molar-refractivity contribution is 6.29. The van der Waals surface area contributed by atoms with E-state index in [4.69, 9.17) is 21.3 Å². The van der Waals surface area contributed by atoms with Gasteiger partial charge in [-0.2, -0.15) is 0 Å². The van der Waals surface area contributed by atoms with Crippen LogP contribution in [0.15, 0.2) is 6.07 Å². The number of ether oxygens (including phenoxy) is 1. The molecular weight excluding hydrogens is 260 g/mol. The molecule has 3 rings (SSSR count). The van der Waals surface area contributed by atoms with E-state index in [2.05, 4.69) is 4.98 Å². The normalized spacial score (nSPS) is 24.8. The zero-order valence-electron chi connectivity index (χ0n) is 11.3. The number of nitrogens with zero attached hydrogens (tertiary/aromatic N) is 2. The van der Waals surface area contributed by atoms with Crippen LogP contribution in [0, 0.1) is 0 Å². The number of hydrogen-bond donors (Lipinski definition) is 0. The van der Waals surface area contributed by atoms with Crippen LogP contribution < -0.4 is 0 Å². The van der Waals surface area contributed by atoms with E-state index in [1.165, 1.54) is 38.5 Å². The third-order valence-electron chi connectivity index (χ3n) is 4.22. The van der Waals surface area contributed by atoms with Gasteiger partial charge in [0.05, 0.1) is 6.10 Å². The summed E-state index contributed by atoms with van der Waals surface area (Å²) in [6.45, 7) is 0.876. The third kappa shape index (κ3) is 3.46. The van der Waals surface area contributed by atoms with Gasteiger partial charge in [-0.3, -0.25) is 0 Å². The van der Waals surface area contributed by atoms with E-state index in [1.807, 2.05) is 6.07 Å². The first-order valence-electron chi connectivity index (χ1n) is 7.46. The maximum atomic E-state index is 6.15. The highest BCUT2D eigenvalue weighted by Crippen LogP contribution is 2.33. The van der Waals surface area contributed by atoms with E-state index < -0.39 is 0 Å². The van der Waals surface area contributed by atoms with E-state index in [1.54, 1.807) is 0 Å². The summed E-state index contributed by atoms with van der Waals surface area (Å²) in [5.74, 6) is 1.45. The van der Waals surface area contributed by atoms with Crippen LogP contribution in [0.1, 0.15) is 62.4 Å². The van der Waals surface area contributed by atoms with Crippen molar-refractivity contribution >= 4 is 11.6 Å². The lowest BCUT2D eigenvalue weighted by atomic mass is 10.0. The van der Waals surface area contributed by atoms with Gasteiger partial charge < -0.3 is 4.74 Å². The fraction of sp³-hybridized carbons (Fsp3) is 0.733. The highest BCUT2D eigenvalue weighted by atomic mass is 35.5. The first-order valence-corrected chi connectivity index (χ1v) is 7.84. The Morgan fingerprint density at radius 2 is 1.89 bits per heavy atom. The molecule has 2 fully saturated rings. The van der Waals surface area contributed by atoms with Gasteiger partial charge in [0.25, 0.3) is 0 Å². The van der Waals surface area contributed by atoms with Crippen molar-refractivity contribution in [1.82, 2.24) is 9.97 Å². The topological polar surface area (TPSA) is 35.0 Å². The molecular formula is C15H21ClN2O. The molecule has 0 radical (unpaired) electrons. The van der Waals surface area contributed by atoms with Gasteiger partial charge in [0.1, 0.15) is 11.0 Å². The number of hydrogen-bond acceptors (Lipinski definition) is 3. The van der Waals surface area contributed by atoms with Gasteiger partial charge >= 0.3 is 0 Å². The summed E-state index contributed by atoms with van der Waals surface area (Å²) in [6.07, 6.45) is 9.75. The lowest BCUT2D eigenvalue weighted by molar-refractivity contribution is 0.0156. The third-order valence-corrected chi connectivity index (χ3v) is 4.41. The standard InChI is InChI=1S/C15H21ClN2O/c16-14-10-13(11-5-1-2-6-11)17-15(18-14)9-12-7-3-4-8-19-12/h10-12H,1-9H2. The predicted octanol–water partition coefficient (Wildman–Crippen LogP) is 3.90. The summed E-state index contributed by atoms with van der Waals surface area (Å²) in [4.78, 5) is 9.11. The smallest absolute Gasteiger partial charge is 0.133 e. The summed E-state index contributed by atoms with van der Waals surface area (Å²) < 4.78 is 5.76. The SMILES string of the molecule is Clc1cc(C2CCCC2)nc(CC2CCCCO2)n1. The van der Waals surface area contributed by atoms with Gasteiger partial charge in [0.15, 0.2) is 0 Å². The molecule has 1 aliphatic heterocycles. The molecule has 1 aromatic heterocycles. The maximum absolute atomic E-state index is 6.15. The maximum Gasteiger partial charge on any atom is 0.133 e. The Hall–Kier alpha value is -0.670. The lowest BCUT2D eigenvalue weighted by Gasteiger charge is -2.22. The van der Waals surface area contributed by atoms with E-state index >= 15 is 0 Å².